The lowest BCUT2D eigenvalue weighted by atomic mass is 9.92. The Bertz CT molecular complexity index is 468. The summed E-state index contributed by atoms with van der Waals surface area (Å²) < 4.78 is 0. The van der Waals surface area contributed by atoms with Crippen molar-refractivity contribution < 1.29 is 4.79 Å². The molecule has 0 radical (unpaired) electrons. The molecule has 0 aromatic heterocycles. The molecular weight excluding hydrogens is 236 g/mol. The van der Waals surface area contributed by atoms with E-state index < -0.39 is 0 Å². The molecule has 1 aliphatic rings. The Morgan fingerprint density at radius 2 is 2.11 bits per heavy atom. The molecule has 1 fully saturated rings. The predicted octanol–water partition coefficient (Wildman–Crippen LogP) is 2.47. The summed E-state index contributed by atoms with van der Waals surface area (Å²) in [5.74, 6) is 0.221. The molecule has 2 rings (SSSR count). The Balaban J connectivity index is 2.06. The minimum absolute atomic E-state index is 0.0825. The van der Waals surface area contributed by atoms with Gasteiger partial charge in [-0.3, -0.25) is 4.79 Å². The van der Waals surface area contributed by atoms with Crippen molar-refractivity contribution in [2.75, 3.05) is 0 Å². The number of benzene rings is 1. The van der Waals surface area contributed by atoms with Crippen LogP contribution in [-0.4, -0.2) is 11.9 Å². The molecular formula is C16H24N2O. The van der Waals surface area contributed by atoms with Crippen molar-refractivity contribution in [2.45, 2.75) is 51.6 Å². The zero-order valence-electron chi connectivity index (χ0n) is 12.1. The quantitative estimate of drug-likeness (QED) is 0.877. The van der Waals surface area contributed by atoms with E-state index in [1.165, 1.54) is 5.56 Å². The van der Waals surface area contributed by atoms with E-state index in [9.17, 15) is 4.79 Å². The van der Waals surface area contributed by atoms with Crippen LogP contribution in [0.15, 0.2) is 24.3 Å². The van der Waals surface area contributed by atoms with Crippen molar-refractivity contribution in [1.82, 2.24) is 5.32 Å². The van der Waals surface area contributed by atoms with Gasteiger partial charge in [-0.05, 0) is 45.6 Å². The smallest absolute Gasteiger partial charge is 0.223 e. The molecule has 19 heavy (non-hydrogen) atoms. The van der Waals surface area contributed by atoms with Crippen molar-refractivity contribution in [3.8, 4) is 0 Å². The minimum Gasteiger partial charge on any atom is -0.347 e. The van der Waals surface area contributed by atoms with Gasteiger partial charge >= 0.3 is 0 Å². The third-order valence-electron chi connectivity index (χ3n) is 4.02. The van der Waals surface area contributed by atoms with E-state index in [1.54, 1.807) is 0 Å². The first-order chi connectivity index (χ1) is 8.88. The maximum atomic E-state index is 12.3. The highest BCUT2D eigenvalue weighted by atomic mass is 16.2. The molecule has 0 heterocycles. The SMILES string of the molecule is Cc1cccc(C(C)(C)NC(=O)C2CCC(N)C2)c1. The molecule has 0 bridgehead atoms. The summed E-state index contributed by atoms with van der Waals surface area (Å²) in [4.78, 5) is 12.3. The van der Waals surface area contributed by atoms with Crippen molar-refractivity contribution in [3.63, 3.8) is 0 Å². The largest absolute Gasteiger partial charge is 0.347 e. The van der Waals surface area contributed by atoms with Gasteiger partial charge in [0.1, 0.15) is 0 Å². The number of carbonyl (C=O) groups excluding carboxylic acids is 1. The fourth-order valence-corrected chi connectivity index (χ4v) is 2.77. The van der Waals surface area contributed by atoms with Crippen LogP contribution in [0.2, 0.25) is 0 Å². The summed E-state index contributed by atoms with van der Waals surface area (Å²) in [7, 11) is 0. The molecule has 1 aliphatic carbocycles. The Kier molecular flexibility index (Phi) is 3.95. The van der Waals surface area contributed by atoms with Crippen LogP contribution in [0.1, 0.15) is 44.2 Å². The van der Waals surface area contributed by atoms with Gasteiger partial charge in [0, 0.05) is 12.0 Å². The summed E-state index contributed by atoms with van der Waals surface area (Å²) in [5, 5.41) is 3.17. The average molecular weight is 260 g/mol. The van der Waals surface area contributed by atoms with Gasteiger partial charge in [0.2, 0.25) is 5.91 Å². The number of nitrogens with one attached hydrogen (secondary N) is 1. The lowest BCUT2D eigenvalue weighted by Gasteiger charge is -2.29. The second-order valence-corrected chi connectivity index (χ2v) is 6.25. The van der Waals surface area contributed by atoms with Crippen LogP contribution in [-0.2, 0) is 10.3 Å². The predicted molar refractivity (Wildman–Crippen MR) is 77.7 cm³/mol. The number of amides is 1. The summed E-state index contributed by atoms with van der Waals surface area (Å²) >= 11 is 0. The van der Waals surface area contributed by atoms with Gasteiger partial charge in [-0.25, -0.2) is 0 Å². The van der Waals surface area contributed by atoms with Gasteiger partial charge < -0.3 is 11.1 Å². The summed E-state index contributed by atoms with van der Waals surface area (Å²) in [6, 6.07) is 8.48. The molecule has 0 aliphatic heterocycles. The number of hydrogen-bond donors (Lipinski definition) is 2. The molecule has 1 saturated carbocycles. The molecule has 3 heteroatoms. The zero-order valence-corrected chi connectivity index (χ0v) is 12.1. The fraction of sp³-hybridized carbons (Fsp3) is 0.562. The summed E-state index contributed by atoms with van der Waals surface area (Å²) in [6.07, 6.45) is 2.69. The highest BCUT2D eigenvalue weighted by molar-refractivity contribution is 5.80. The van der Waals surface area contributed by atoms with Gasteiger partial charge in [-0.1, -0.05) is 29.8 Å². The minimum atomic E-state index is -0.338. The van der Waals surface area contributed by atoms with E-state index in [2.05, 4.69) is 44.3 Å². The maximum absolute atomic E-state index is 12.3. The van der Waals surface area contributed by atoms with Crippen LogP contribution in [0.5, 0.6) is 0 Å². The first-order valence-electron chi connectivity index (χ1n) is 7.03. The molecule has 2 unspecified atom stereocenters. The van der Waals surface area contributed by atoms with Gasteiger partial charge in [0.15, 0.2) is 0 Å². The molecule has 1 aromatic rings. The Morgan fingerprint density at radius 1 is 1.37 bits per heavy atom. The fourth-order valence-electron chi connectivity index (χ4n) is 2.77. The number of nitrogens with two attached hydrogens (primary N) is 1. The average Bonchev–Trinajstić information content (AvgIpc) is 2.75. The maximum Gasteiger partial charge on any atom is 0.223 e. The second kappa shape index (κ2) is 5.33. The molecule has 3 nitrogen and oxygen atoms in total. The lowest BCUT2D eigenvalue weighted by Crippen LogP contribution is -2.43. The van der Waals surface area contributed by atoms with Gasteiger partial charge in [-0.2, -0.15) is 0 Å². The van der Waals surface area contributed by atoms with Crippen molar-refractivity contribution >= 4 is 5.91 Å². The number of carbonyl (C=O) groups is 1. The highest BCUT2D eigenvalue weighted by Gasteiger charge is 2.31. The van der Waals surface area contributed by atoms with Crippen molar-refractivity contribution in [3.05, 3.63) is 35.4 Å². The van der Waals surface area contributed by atoms with Gasteiger partial charge in [0.25, 0.3) is 0 Å². The number of aryl methyl sites for hydroxylation is 1. The standard InChI is InChI=1S/C16H24N2O/c1-11-5-4-6-13(9-11)16(2,3)18-15(19)12-7-8-14(17)10-12/h4-6,9,12,14H,7-8,10,17H2,1-3H3,(H,18,19). The Labute approximate surface area is 115 Å². The topological polar surface area (TPSA) is 55.1 Å². The monoisotopic (exact) mass is 260 g/mol. The van der Waals surface area contributed by atoms with E-state index in [1.807, 2.05) is 6.07 Å². The highest BCUT2D eigenvalue weighted by Crippen LogP contribution is 2.27. The third kappa shape index (κ3) is 3.35. The first-order valence-corrected chi connectivity index (χ1v) is 7.03. The summed E-state index contributed by atoms with van der Waals surface area (Å²) in [6.45, 7) is 6.17. The third-order valence-corrected chi connectivity index (χ3v) is 4.02. The number of hydrogen-bond acceptors (Lipinski definition) is 2. The van der Waals surface area contributed by atoms with Crippen LogP contribution >= 0.6 is 0 Å². The molecule has 0 spiro atoms. The molecule has 104 valence electrons. The van der Waals surface area contributed by atoms with E-state index in [0.717, 1.165) is 24.8 Å². The zero-order chi connectivity index (χ0) is 14.0. The van der Waals surface area contributed by atoms with Crippen LogP contribution in [0.25, 0.3) is 0 Å². The van der Waals surface area contributed by atoms with E-state index >= 15 is 0 Å². The van der Waals surface area contributed by atoms with Crippen LogP contribution in [0.3, 0.4) is 0 Å². The van der Waals surface area contributed by atoms with E-state index in [-0.39, 0.29) is 23.4 Å². The Hall–Kier alpha value is -1.35. The molecule has 3 N–H and O–H groups in total. The number of rotatable bonds is 3. The molecule has 0 saturated heterocycles. The second-order valence-electron chi connectivity index (χ2n) is 6.25. The van der Waals surface area contributed by atoms with Crippen molar-refractivity contribution in [1.29, 1.82) is 0 Å². The molecule has 1 aromatic carbocycles. The van der Waals surface area contributed by atoms with Crippen LogP contribution in [0, 0.1) is 12.8 Å². The van der Waals surface area contributed by atoms with Crippen LogP contribution < -0.4 is 11.1 Å². The van der Waals surface area contributed by atoms with Gasteiger partial charge in [0.05, 0.1) is 5.54 Å². The van der Waals surface area contributed by atoms with E-state index in [0.29, 0.717) is 0 Å². The first kappa shape index (κ1) is 14.1. The summed E-state index contributed by atoms with van der Waals surface area (Å²) in [5.41, 5.74) is 7.89. The van der Waals surface area contributed by atoms with Crippen molar-refractivity contribution in [2.24, 2.45) is 11.7 Å². The Morgan fingerprint density at radius 3 is 2.68 bits per heavy atom. The van der Waals surface area contributed by atoms with Crippen LogP contribution in [0.4, 0.5) is 0 Å². The van der Waals surface area contributed by atoms with E-state index in [4.69, 9.17) is 5.73 Å². The molecule has 2 atom stereocenters. The molecule has 1 amide bonds. The normalized spacial score (nSPS) is 23.4. The van der Waals surface area contributed by atoms with Gasteiger partial charge in [-0.15, -0.1) is 0 Å². The lowest BCUT2D eigenvalue weighted by molar-refractivity contribution is -0.126.